The minimum atomic E-state index is -0.224. The van der Waals surface area contributed by atoms with Crippen LogP contribution in [-0.2, 0) is 17.8 Å². The van der Waals surface area contributed by atoms with Crippen LogP contribution in [-0.4, -0.2) is 35.7 Å². The van der Waals surface area contributed by atoms with Gasteiger partial charge in [-0.25, -0.2) is 0 Å². The predicted octanol–water partition coefficient (Wildman–Crippen LogP) is 6.26. The maximum absolute atomic E-state index is 13.0. The molecule has 0 aliphatic carbocycles. The van der Waals surface area contributed by atoms with Crippen molar-refractivity contribution in [2.75, 3.05) is 19.8 Å². The molecule has 2 heterocycles. The Labute approximate surface area is 230 Å². The molecular weight excluding hydrogens is 535 g/mol. The Morgan fingerprint density at radius 3 is 2.46 bits per heavy atom. The minimum Gasteiger partial charge on any atom is -0.490 e. The monoisotopic (exact) mass is 560 g/mol. The zero-order valence-corrected chi connectivity index (χ0v) is 22.7. The van der Waals surface area contributed by atoms with Crippen molar-refractivity contribution in [2.45, 2.75) is 26.9 Å². The third-order valence-electron chi connectivity index (χ3n) is 5.44. The first-order valence-corrected chi connectivity index (χ1v) is 12.9. The summed E-state index contributed by atoms with van der Waals surface area (Å²) in [6, 6.07) is 14.4. The SMILES string of the molecule is CCOc1ccc(CCN2C(=O)/C(=C\c3ccc(COc4c(Cl)cccc4Cl)o3)NC2=S)cc1OCC. The molecule has 194 valence electrons. The van der Waals surface area contributed by atoms with Crippen molar-refractivity contribution in [1.82, 2.24) is 10.2 Å². The number of ether oxygens (including phenoxy) is 3. The molecule has 0 spiro atoms. The van der Waals surface area contributed by atoms with E-state index in [2.05, 4.69) is 5.32 Å². The fraction of sp³-hybridized carbons (Fsp3) is 0.259. The van der Waals surface area contributed by atoms with E-state index in [1.807, 2.05) is 32.0 Å². The second kappa shape index (κ2) is 12.4. The maximum atomic E-state index is 13.0. The number of halogens is 2. The number of amides is 1. The fourth-order valence-corrected chi connectivity index (χ4v) is 4.51. The molecule has 1 saturated heterocycles. The van der Waals surface area contributed by atoms with E-state index in [1.165, 1.54) is 4.90 Å². The van der Waals surface area contributed by atoms with Gasteiger partial charge in [-0.1, -0.05) is 35.3 Å². The number of para-hydroxylation sites is 1. The first-order chi connectivity index (χ1) is 17.9. The van der Waals surface area contributed by atoms with Crippen molar-refractivity contribution in [3.8, 4) is 17.2 Å². The molecule has 1 aromatic heterocycles. The van der Waals surface area contributed by atoms with Gasteiger partial charge in [-0.05, 0) is 74.4 Å². The number of nitrogens with one attached hydrogen (secondary N) is 1. The van der Waals surface area contributed by atoms with Crippen LogP contribution >= 0.6 is 35.4 Å². The summed E-state index contributed by atoms with van der Waals surface area (Å²) in [5, 5.41) is 4.14. The first kappa shape index (κ1) is 26.9. The number of rotatable bonds is 11. The van der Waals surface area contributed by atoms with E-state index < -0.39 is 0 Å². The van der Waals surface area contributed by atoms with Crippen molar-refractivity contribution < 1.29 is 23.4 Å². The van der Waals surface area contributed by atoms with Gasteiger partial charge in [-0.3, -0.25) is 9.69 Å². The van der Waals surface area contributed by atoms with Crippen molar-refractivity contribution >= 4 is 52.5 Å². The van der Waals surface area contributed by atoms with Crippen LogP contribution in [0, 0.1) is 0 Å². The number of carbonyl (C=O) groups is 1. The summed E-state index contributed by atoms with van der Waals surface area (Å²) >= 11 is 17.7. The molecule has 2 aromatic carbocycles. The third kappa shape index (κ3) is 6.57. The Morgan fingerprint density at radius 2 is 1.73 bits per heavy atom. The van der Waals surface area contributed by atoms with E-state index >= 15 is 0 Å². The highest BCUT2D eigenvalue weighted by Gasteiger charge is 2.30. The van der Waals surface area contributed by atoms with Crippen molar-refractivity contribution in [1.29, 1.82) is 0 Å². The lowest BCUT2D eigenvalue weighted by atomic mass is 10.1. The average molecular weight is 561 g/mol. The van der Waals surface area contributed by atoms with Crippen LogP contribution in [0.5, 0.6) is 17.2 Å². The molecule has 0 unspecified atom stereocenters. The quantitative estimate of drug-likeness (QED) is 0.219. The largest absolute Gasteiger partial charge is 0.490 e. The molecule has 10 heteroatoms. The zero-order valence-electron chi connectivity index (χ0n) is 20.4. The van der Waals surface area contributed by atoms with Gasteiger partial charge < -0.3 is 23.9 Å². The fourth-order valence-electron chi connectivity index (χ4n) is 3.72. The highest BCUT2D eigenvalue weighted by Crippen LogP contribution is 2.33. The number of nitrogens with zero attached hydrogens (tertiary/aromatic N) is 1. The number of hydrogen-bond acceptors (Lipinski definition) is 6. The lowest BCUT2D eigenvalue weighted by molar-refractivity contribution is -0.122. The number of thiocarbonyl (C=S) groups is 1. The molecule has 1 aliphatic heterocycles. The van der Waals surface area contributed by atoms with Crippen LogP contribution in [0.1, 0.15) is 30.9 Å². The average Bonchev–Trinajstić information content (AvgIpc) is 3.42. The van der Waals surface area contributed by atoms with Gasteiger partial charge in [0.2, 0.25) is 0 Å². The number of carbonyl (C=O) groups excluding carboxylic acids is 1. The smallest absolute Gasteiger partial charge is 0.276 e. The Kier molecular flexibility index (Phi) is 8.97. The van der Waals surface area contributed by atoms with E-state index in [0.717, 1.165) is 5.56 Å². The van der Waals surface area contributed by atoms with Crippen molar-refractivity contribution in [2.24, 2.45) is 0 Å². The molecule has 0 radical (unpaired) electrons. The van der Waals surface area contributed by atoms with Crippen LogP contribution < -0.4 is 19.5 Å². The summed E-state index contributed by atoms with van der Waals surface area (Å²) in [6.45, 7) is 5.48. The molecule has 1 amide bonds. The highest BCUT2D eigenvalue weighted by molar-refractivity contribution is 7.80. The van der Waals surface area contributed by atoms with Gasteiger partial charge in [-0.15, -0.1) is 0 Å². The first-order valence-electron chi connectivity index (χ1n) is 11.8. The Balaban J connectivity index is 1.38. The zero-order chi connectivity index (χ0) is 26.4. The van der Waals surface area contributed by atoms with E-state index in [1.54, 1.807) is 36.4 Å². The summed E-state index contributed by atoms with van der Waals surface area (Å²) in [5.74, 6) is 2.58. The predicted molar refractivity (Wildman–Crippen MR) is 147 cm³/mol. The van der Waals surface area contributed by atoms with Gasteiger partial charge >= 0.3 is 0 Å². The number of benzene rings is 2. The molecule has 1 aliphatic rings. The van der Waals surface area contributed by atoms with E-state index in [4.69, 9.17) is 54.0 Å². The van der Waals surface area contributed by atoms with Gasteiger partial charge in [0.25, 0.3) is 5.91 Å². The van der Waals surface area contributed by atoms with Crippen LogP contribution in [0.15, 0.2) is 58.6 Å². The highest BCUT2D eigenvalue weighted by atomic mass is 35.5. The Hall–Kier alpha value is -3.20. The van der Waals surface area contributed by atoms with Crippen molar-refractivity contribution in [3.05, 3.63) is 81.4 Å². The Bertz CT molecular complexity index is 1300. The molecule has 0 saturated carbocycles. The summed E-state index contributed by atoms with van der Waals surface area (Å²) < 4.78 is 22.8. The molecule has 0 bridgehead atoms. The number of hydrogen-bond donors (Lipinski definition) is 1. The molecular formula is C27H26Cl2N2O5S. The van der Waals surface area contributed by atoms with Crippen molar-refractivity contribution in [3.63, 3.8) is 0 Å². The molecule has 4 rings (SSSR count). The van der Waals surface area contributed by atoms with Crippen LogP contribution in [0.2, 0.25) is 10.0 Å². The van der Waals surface area contributed by atoms with Gasteiger partial charge in [0.05, 0.1) is 23.3 Å². The second-order valence-electron chi connectivity index (χ2n) is 7.99. The lowest BCUT2D eigenvalue weighted by Crippen LogP contribution is -2.32. The second-order valence-corrected chi connectivity index (χ2v) is 9.19. The van der Waals surface area contributed by atoms with Gasteiger partial charge in [-0.2, -0.15) is 0 Å². The summed E-state index contributed by atoms with van der Waals surface area (Å²) in [7, 11) is 0. The molecule has 1 fully saturated rings. The molecule has 3 aromatic rings. The van der Waals surface area contributed by atoms with Gasteiger partial charge in [0, 0.05) is 12.6 Å². The van der Waals surface area contributed by atoms with Crippen LogP contribution in [0.25, 0.3) is 6.08 Å². The maximum Gasteiger partial charge on any atom is 0.276 e. The van der Waals surface area contributed by atoms with Gasteiger partial charge in [0.15, 0.2) is 22.4 Å². The summed E-state index contributed by atoms with van der Waals surface area (Å²) in [4.78, 5) is 14.5. The van der Waals surface area contributed by atoms with E-state index in [0.29, 0.717) is 75.8 Å². The summed E-state index contributed by atoms with van der Waals surface area (Å²) in [6.07, 6.45) is 2.21. The van der Waals surface area contributed by atoms with E-state index in [-0.39, 0.29) is 12.5 Å². The number of furan rings is 1. The minimum absolute atomic E-state index is 0.129. The van der Waals surface area contributed by atoms with E-state index in [9.17, 15) is 4.79 Å². The normalized spacial score (nSPS) is 14.3. The molecule has 37 heavy (non-hydrogen) atoms. The lowest BCUT2D eigenvalue weighted by Gasteiger charge is -2.15. The molecule has 0 atom stereocenters. The third-order valence-corrected chi connectivity index (χ3v) is 6.36. The van der Waals surface area contributed by atoms with Crippen LogP contribution in [0.3, 0.4) is 0 Å². The molecule has 1 N–H and O–H groups in total. The topological polar surface area (TPSA) is 73.2 Å². The van der Waals surface area contributed by atoms with Crippen LogP contribution in [0.4, 0.5) is 0 Å². The van der Waals surface area contributed by atoms with Gasteiger partial charge in [0.1, 0.15) is 23.8 Å². The Morgan fingerprint density at radius 1 is 1.00 bits per heavy atom. The molecule has 7 nitrogen and oxygen atoms in total. The standard InChI is InChI=1S/C27H26Cl2N2O5S/c1-3-33-23-11-8-17(14-24(23)34-4-2)12-13-31-26(32)22(30-27(31)37)15-18-9-10-19(36-18)16-35-25-20(28)6-5-7-21(25)29/h5-11,14-15H,3-4,12-13,16H2,1-2H3,(H,30,37)/b22-15+. The summed E-state index contributed by atoms with van der Waals surface area (Å²) in [5.41, 5.74) is 1.34.